The lowest BCUT2D eigenvalue weighted by atomic mass is 10.2. The molecule has 2 nitrogen and oxygen atoms in total. The molecule has 1 heterocycles. The molecule has 0 aromatic carbocycles. The SMILES string of the molecule is Cn1cccc1/C(C#N)=C/I. The Morgan fingerprint density at radius 1 is 1.82 bits per heavy atom. The van der Waals surface area contributed by atoms with Crippen LogP contribution in [0.15, 0.2) is 22.4 Å². The molecule has 1 aromatic heterocycles. The molecule has 0 N–H and O–H groups in total. The fourth-order valence-corrected chi connectivity index (χ4v) is 1.34. The molecule has 0 aliphatic rings. The molecule has 0 saturated heterocycles. The van der Waals surface area contributed by atoms with Gasteiger partial charge < -0.3 is 4.57 Å². The van der Waals surface area contributed by atoms with Crippen molar-refractivity contribution >= 4 is 28.2 Å². The molecule has 1 aromatic rings. The van der Waals surface area contributed by atoms with Gasteiger partial charge in [-0.1, -0.05) is 22.6 Å². The summed E-state index contributed by atoms with van der Waals surface area (Å²) in [6.45, 7) is 0. The van der Waals surface area contributed by atoms with E-state index in [0.29, 0.717) is 5.57 Å². The average molecular weight is 258 g/mol. The monoisotopic (exact) mass is 258 g/mol. The first-order valence-electron chi connectivity index (χ1n) is 3.11. The van der Waals surface area contributed by atoms with Gasteiger partial charge in [0.25, 0.3) is 0 Å². The fraction of sp³-hybridized carbons (Fsp3) is 0.125. The van der Waals surface area contributed by atoms with Crippen molar-refractivity contribution in [3.8, 4) is 6.07 Å². The minimum Gasteiger partial charge on any atom is -0.350 e. The summed E-state index contributed by atoms with van der Waals surface area (Å²) < 4.78 is 3.71. The zero-order chi connectivity index (χ0) is 8.27. The number of allylic oxidation sites excluding steroid dienone is 1. The van der Waals surface area contributed by atoms with E-state index in [1.807, 2.05) is 29.9 Å². The predicted octanol–water partition coefficient (Wildman–Crippen LogP) is 2.32. The molecule has 0 unspecified atom stereocenters. The lowest BCUT2D eigenvalue weighted by Crippen LogP contribution is -1.91. The summed E-state index contributed by atoms with van der Waals surface area (Å²) in [5.41, 5.74) is 1.67. The molecule has 11 heavy (non-hydrogen) atoms. The summed E-state index contributed by atoms with van der Waals surface area (Å²) >= 11 is 2.07. The molecule has 0 aliphatic carbocycles. The molecule has 1 rings (SSSR count). The zero-order valence-corrected chi connectivity index (χ0v) is 8.24. The van der Waals surface area contributed by atoms with Gasteiger partial charge in [-0.15, -0.1) is 0 Å². The number of halogens is 1. The van der Waals surface area contributed by atoms with Crippen molar-refractivity contribution < 1.29 is 0 Å². The van der Waals surface area contributed by atoms with E-state index in [1.165, 1.54) is 0 Å². The zero-order valence-electron chi connectivity index (χ0n) is 6.08. The molecular weight excluding hydrogens is 251 g/mol. The smallest absolute Gasteiger partial charge is 0.102 e. The van der Waals surface area contributed by atoms with E-state index < -0.39 is 0 Å². The number of aryl methyl sites for hydroxylation is 1. The molecule has 0 bridgehead atoms. The van der Waals surface area contributed by atoms with Gasteiger partial charge in [0.1, 0.15) is 6.07 Å². The number of nitriles is 1. The van der Waals surface area contributed by atoms with Crippen LogP contribution >= 0.6 is 22.6 Å². The highest BCUT2D eigenvalue weighted by Gasteiger charge is 2.01. The molecule has 0 amide bonds. The van der Waals surface area contributed by atoms with Crippen molar-refractivity contribution in [2.24, 2.45) is 7.05 Å². The Balaban J connectivity index is 3.13. The third-order valence-electron chi connectivity index (χ3n) is 1.45. The lowest BCUT2D eigenvalue weighted by Gasteiger charge is -1.98. The summed E-state index contributed by atoms with van der Waals surface area (Å²) in [7, 11) is 1.92. The first-order valence-corrected chi connectivity index (χ1v) is 4.36. The summed E-state index contributed by atoms with van der Waals surface area (Å²) in [4.78, 5) is 0. The van der Waals surface area contributed by atoms with Crippen molar-refractivity contribution in [1.29, 1.82) is 5.26 Å². The topological polar surface area (TPSA) is 28.7 Å². The second kappa shape index (κ2) is 3.58. The summed E-state index contributed by atoms with van der Waals surface area (Å²) in [6, 6.07) is 5.98. The summed E-state index contributed by atoms with van der Waals surface area (Å²) in [5, 5.41) is 8.69. The van der Waals surface area contributed by atoms with Crippen LogP contribution < -0.4 is 0 Å². The van der Waals surface area contributed by atoms with Gasteiger partial charge in [-0.05, 0) is 16.2 Å². The first kappa shape index (κ1) is 8.34. The van der Waals surface area contributed by atoms with E-state index in [9.17, 15) is 0 Å². The van der Waals surface area contributed by atoms with Crippen molar-refractivity contribution in [2.45, 2.75) is 0 Å². The van der Waals surface area contributed by atoms with E-state index in [0.717, 1.165) is 5.69 Å². The van der Waals surface area contributed by atoms with Crippen LogP contribution in [0.2, 0.25) is 0 Å². The van der Waals surface area contributed by atoms with Crippen LogP contribution in [-0.2, 0) is 7.05 Å². The molecular formula is C8H7IN2. The minimum atomic E-state index is 0.707. The van der Waals surface area contributed by atoms with E-state index >= 15 is 0 Å². The highest BCUT2D eigenvalue weighted by Crippen LogP contribution is 2.14. The van der Waals surface area contributed by atoms with Crippen molar-refractivity contribution in [1.82, 2.24) is 4.57 Å². The quantitative estimate of drug-likeness (QED) is 0.561. The van der Waals surface area contributed by atoms with Gasteiger partial charge in [-0.3, -0.25) is 0 Å². The number of hydrogen-bond donors (Lipinski definition) is 0. The molecule has 0 spiro atoms. The highest BCUT2D eigenvalue weighted by atomic mass is 127. The van der Waals surface area contributed by atoms with E-state index in [4.69, 9.17) is 5.26 Å². The Morgan fingerprint density at radius 2 is 2.55 bits per heavy atom. The number of nitrogens with zero attached hydrogens (tertiary/aromatic N) is 2. The van der Waals surface area contributed by atoms with Gasteiger partial charge in [0.2, 0.25) is 0 Å². The molecule has 0 fully saturated rings. The number of rotatable bonds is 1. The van der Waals surface area contributed by atoms with Gasteiger partial charge in [-0.2, -0.15) is 5.26 Å². The van der Waals surface area contributed by atoms with Gasteiger partial charge in [0.15, 0.2) is 0 Å². The van der Waals surface area contributed by atoms with Gasteiger partial charge >= 0.3 is 0 Å². The van der Waals surface area contributed by atoms with Crippen LogP contribution in [-0.4, -0.2) is 4.57 Å². The van der Waals surface area contributed by atoms with Crippen LogP contribution in [0, 0.1) is 11.3 Å². The highest BCUT2D eigenvalue weighted by molar-refractivity contribution is 14.1. The minimum absolute atomic E-state index is 0.707. The van der Waals surface area contributed by atoms with Crippen molar-refractivity contribution in [3.63, 3.8) is 0 Å². The van der Waals surface area contributed by atoms with Crippen molar-refractivity contribution in [3.05, 3.63) is 28.1 Å². The number of hydrogen-bond acceptors (Lipinski definition) is 1. The molecule has 0 atom stereocenters. The van der Waals surface area contributed by atoms with E-state index in [2.05, 4.69) is 28.7 Å². The van der Waals surface area contributed by atoms with Gasteiger partial charge in [0, 0.05) is 13.2 Å². The maximum atomic E-state index is 8.69. The third kappa shape index (κ3) is 1.63. The van der Waals surface area contributed by atoms with Crippen LogP contribution in [0.1, 0.15) is 5.69 Å². The Kier molecular flexibility index (Phi) is 2.71. The fourth-order valence-electron chi connectivity index (χ4n) is 0.878. The van der Waals surface area contributed by atoms with E-state index in [1.54, 1.807) is 4.08 Å². The Morgan fingerprint density at radius 3 is 2.91 bits per heavy atom. The summed E-state index contributed by atoms with van der Waals surface area (Å²) in [6.07, 6.45) is 1.92. The van der Waals surface area contributed by atoms with Crippen LogP contribution in [0.25, 0.3) is 5.57 Å². The second-order valence-corrected chi connectivity index (χ2v) is 2.76. The second-order valence-electron chi connectivity index (χ2n) is 2.14. The Labute approximate surface area is 79.3 Å². The normalized spacial score (nSPS) is 11.2. The average Bonchev–Trinajstić information content (AvgIpc) is 2.40. The molecule has 3 heteroatoms. The van der Waals surface area contributed by atoms with Crippen LogP contribution in [0.5, 0.6) is 0 Å². The molecule has 56 valence electrons. The molecule has 0 aliphatic heterocycles. The number of aromatic nitrogens is 1. The maximum Gasteiger partial charge on any atom is 0.102 e. The maximum absolute atomic E-state index is 8.69. The predicted molar refractivity (Wildman–Crippen MR) is 53.0 cm³/mol. The molecule has 0 saturated carbocycles. The first-order chi connectivity index (χ1) is 5.29. The van der Waals surface area contributed by atoms with E-state index in [-0.39, 0.29) is 0 Å². The molecule has 0 radical (unpaired) electrons. The lowest BCUT2D eigenvalue weighted by molar-refractivity contribution is 0.911. The van der Waals surface area contributed by atoms with Crippen LogP contribution in [0.4, 0.5) is 0 Å². The van der Waals surface area contributed by atoms with Crippen LogP contribution in [0.3, 0.4) is 0 Å². The van der Waals surface area contributed by atoms with Gasteiger partial charge in [-0.25, -0.2) is 0 Å². The Bertz CT molecular complexity index is 317. The largest absolute Gasteiger partial charge is 0.350 e. The standard InChI is InChI=1S/C8H7IN2/c1-11-4-2-3-8(11)7(5-9)6-10/h2-5H,1H3/b7-5+. The van der Waals surface area contributed by atoms with Crippen molar-refractivity contribution in [2.75, 3.05) is 0 Å². The summed E-state index contributed by atoms with van der Waals surface area (Å²) in [5.74, 6) is 0. The Hall–Kier alpha value is -0.760. The van der Waals surface area contributed by atoms with Gasteiger partial charge in [0.05, 0.1) is 11.3 Å². The third-order valence-corrected chi connectivity index (χ3v) is 2.07.